The van der Waals surface area contributed by atoms with Crippen LogP contribution >= 0.6 is 0 Å². The number of rotatable bonds is 4. The molecule has 0 saturated carbocycles. The fraction of sp³-hybridized carbons (Fsp3) is 0.625. The van der Waals surface area contributed by atoms with Crippen molar-refractivity contribution in [2.45, 2.75) is 38.6 Å². The van der Waals surface area contributed by atoms with Crippen molar-refractivity contribution >= 4 is 10.0 Å². The second-order valence-electron chi connectivity index (χ2n) is 6.12. The smallest absolute Gasteiger partial charge is 0.246 e. The summed E-state index contributed by atoms with van der Waals surface area (Å²) in [6, 6.07) is 3.96. The van der Waals surface area contributed by atoms with Crippen molar-refractivity contribution < 1.29 is 13.2 Å². The van der Waals surface area contributed by atoms with E-state index in [2.05, 4.69) is 18.7 Å². The first kappa shape index (κ1) is 17.2. The number of benzene rings is 1. The van der Waals surface area contributed by atoms with E-state index in [1.807, 2.05) is 13.8 Å². The molecule has 1 aliphatic heterocycles. The molecular formula is C16H26N2O3S. The van der Waals surface area contributed by atoms with E-state index in [4.69, 9.17) is 4.74 Å². The normalized spacial score (nSPS) is 17.9. The average molecular weight is 326 g/mol. The summed E-state index contributed by atoms with van der Waals surface area (Å²) in [6.45, 7) is 10.7. The molecule has 0 aliphatic carbocycles. The van der Waals surface area contributed by atoms with Crippen LogP contribution in [0.15, 0.2) is 17.0 Å². The summed E-state index contributed by atoms with van der Waals surface area (Å²) in [5.74, 6) is 0.425. The Kier molecular flexibility index (Phi) is 5.14. The molecule has 0 aromatic heterocycles. The predicted octanol–water partition coefficient (Wildman–Crippen LogP) is 2.03. The molecule has 22 heavy (non-hydrogen) atoms. The highest BCUT2D eigenvalue weighted by Crippen LogP contribution is 2.30. The Morgan fingerprint density at radius 2 is 1.59 bits per heavy atom. The lowest BCUT2D eigenvalue weighted by atomic mass is 10.1. The Morgan fingerprint density at radius 3 is 2.09 bits per heavy atom. The van der Waals surface area contributed by atoms with Crippen LogP contribution in [0.2, 0.25) is 0 Å². The summed E-state index contributed by atoms with van der Waals surface area (Å²) < 4.78 is 32.7. The molecule has 5 nitrogen and oxygen atoms in total. The highest BCUT2D eigenvalue weighted by Gasteiger charge is 2.31. The number of ether oxygens (including phenoxy) is 1. The van der Waals surface area contributed by atoms with E-state index in [-0.39, 0.29) is 4.90 Å². The van der Waals surface area contributed by atoms with Gasteiger partial charge in [0, 0.05) is 32.2 Å². The number of nitrogens with zero attached hydrogens (tertiary/aromatic N) is 2. The molecule has 1 aromatic carbocycles. The van der Waals surface area contributed by atoms with Gasteiger partial charge in [-0.3, -0.25) is 4.90 Å². The van der Waals surface area contributed by atoms with Crippen molar-refractivity contribution in [3.05, 3.63) is 23.3 Å². The van der Waals surface area contributed by atoms with E-state index >= 15 is 0 Å². The molecule has 124 valence electrons. The van der Waals surface area contributed by atoms with E-state index in [0.29, 0.717) is 24.9 Å². The zero-order valence-electron chi connectivity index (χ0n) is 14.1. The largest absolute Gasteiger partial charge is 0.495 e. The fourth-order valence-corrected chi connectivity index (χ4v) is 4.37. The minimum atomic E-state index is -3.51. The minimum absolute atomic E-state index is 0.274. The second kappa shape index (κ2) is 6.56. The molecule has 0 atom stereocenters. The molecule has 0 N–H and O–H groups in total. The van der Waals surface area contributed by atoms with Crippen LogP contribution in [0.4, 0.5) is 0 Å². The van der Waals surface area contributed by atoms with Crippen LogP contribution in [0.3, 0.4) is 0 Å². The van der Waals surface area contributed by atoms with Gasteiger partial charge in [0.05, 0.1) is 7.11 Å². The third-order valence-electron chi connectivity index (χ3n) is 4.40. The molecule has 6 heteroatoms. The van der Waals surface area contributed by atoms with E-state index in [1.54, 1.807) is 16.4 Å². The highest BCUT2D eigenvalue weighted by atomic mass is 32.2. The van der Waals surface area contributed by atoms with Gasteiger partial charge in [-0.1, -0.05) is 0 Å². The van der Waals surface area contributed by atoms with Crippen molar-refractivity contribution in [1.82, 2.24) is 9.21 Å². The SMILES string of the molecule is COc1cc(C)c(C)cc1S(=O)(=O)N1CCN(C(C)C)CC1. The second-order valence-corrected chi connectivity index (χ2v) is 8.03. The molecule has 1 heterocycles. The summed E-state index contributed by atoms with van der Waals surface area (Å²) in [5, 5.41) is 0. The molecular weight excluding hydrogens is 300 g/mol. The molecule has 1 fully saturated rings. The standard InChI is InChI=1S/C16H26N2O3S/c1-12(2)17-6-8-18(9-7-17)22(19,20)16-11-14(4)13(3)10-15(16)21-5/h10-12H,6-9H2,1-5H3. The summed E-state index contributed by atoms with van der Waals surface area (Å²) in [5.41, 5.74) is 1.99. The number of hydrogen-bond donors (Lipinski definition) is 0. The summed E-state index contributed by atoms with van der Waals surface area (Å²) >= 11 is 0. The van der Waals surface area contributed by atoms with Crippen molar-refractivity contribution in [3.8, 4) is 5.75 Å². The zero-order chi connectivity index (χ0) is 16.5. The lowest BCUT2D eigenvalue weighted by Crippen LogP contribution is -2.50. The van der Waals surface area contributed by atoms with Crippen LogP contribution in [0.25, 0.3) is 0 Å². The average Bonchev–Trinajstić information content (AvgIpc) is 2.49. The number of piperazine rings is 1. The van der Waals surface area contributed by atoms with Crippen LogP contribution in [0.5, 0.6) is 5.75 Å². The van der Waals surface area contributed by atoms with Gasteiger partial charge < -0.3 is 4.74 Å². The van der Waals surface area contributed by atoms with Gasteiger partial charge in [0.1, 0.15) is 10.6 Å². The number of hydrogen-bond acceptors (Lipinski definition) is 4. The topological polar surface area (TPSA) is 49.9 Å². The lowest BCUT2D eigenvalue weighted by Gasteiger charge is -2.36. The van der Waals surface area contributed by atoms with Crippen molar-refractivity contribution in [2.24, 2.45) is 0 Å². The van der Waals surface area contributed by atoms with Gasteiger partial charge in [0.25, 0.3) is 0 Å². The van der Waals surface area contributed by atoms with Gasteiger partial charge in [-0.25, -0.2) is 8.42 Å². The summed E-state index contributed by atoms with van der Waals surface area (Å²) in [6.07, 6.45) is 0. The molecule has 0 radical (unpaired) electrons. The van der Waals surface area contributed by atoms with E-state index < -0.39 is 10.0 Å². The first-order valence-corrected chi connectivity index (χ1v) is 9.10. The number of sulfonamides is 1. The Hall–Kier alpha value is -1.11. The zero-order valence-corrected chi connectivity index (χ0v) is 14.9. The Bertz CT molecular complexity index is 633. The third kappa shape index (κ3) is 3.29. The quantitative estimate of drug-likeness (QED) is 0.849. The van der Waals surface area contributed by atoms with Gasteiger partial charge in [-0.05, 0) is 51.0 Å². The fourth-order valence-electron chi connectivity index (χ4n) is 2.72. The Balaban J connectivity index is 2.30. The van der Waals surface area contributed by atoms with Gasteiger partial charge in [-0.2, -0.15) is 4.31 Å². The van der Waals surface area contributed by atoms with Crippen molar-refractivity contribution in [1.29, 1.82) is 0 Å². The number of aryl methyl sites for hydroxylation is 2. The monoisotopic (exact) mass is 326 g/mol. The molecule has 0 amide bonds. The van der Waals surface area contributed by atoms with E-state index in [1.165, 1.54) is 7.11 Å². The molecule has 1 aliphatic rings. The minimum Gasteiger partial charge on any atom is -0.495 e. The maximum absolute atomic E-state index is 12.9. The van der Waals surface area contributed by atoms with Gasteiger partial charge in [0.15, 0.2) is 0 Å². The van der Waals surface area contributed by atoms with Crippen LogP contribution in [-0.2, 0) is 10.0 Å². The Labute approximate surface area is 133 Å². The molecule has 1 aromatic rings. The molecule has 2 rings (SSSR count). The van der Waals surface area contributed by atoms with Gasteiger partial charge >= 0.3 is 0 Å². The first-order valence-electron chi connectivity index (χ1n) is 7.66. The lowest BCUT2D eigenvalue weighted by molar-refractivity contribution is 0.154. The third-order valence-corrected chi connectivity index (χ3v) is 6.32. The maximum Gasteiger partial charge on any atom is 0.246 e. The van der Waals surface area contributed by atoms with Crippen LogP contribution in [0, 0.1) is 13.8 Å². The molecule has 0 unspecified atom stereocenters. The molecule has 1 saturated heterocycles. The van der Waals surface area contributed by atoms with Gasteiger partial charge in [0.2, 0.25) is 10.0 Å². The van der Waals surface area contributed by atoms with E-state index in [9.17, 15) is 8.42 Å². The molecule has 0 bridgehead atoms. The van der Waals surface area contributed by atoms with Crippen molar-refractivity contribution in [3.63, 3.8) is 0 Å². The maximum atomic E-state index is 12.9. The summed E-state index contributed by atoms with van der Waals surface area (Å²) in [4.78, 5) is 2.57. The Morgan fingerprint density at radius 1 is 1.05 bits per heavy atom. The first-order chi connectivity index (χ1) is 10.3. The molecule has 0 spiro atoms. The highest BCUT2D eigenvalue weighted by molar-refractivity contribution is 7.89. The predicted molar refractivity (Wildman–Crippen MR) is 87.9 cm³/mol. The van der Waals surface area contributed by atoms with Crippen LogP contribution in [0.1, 0.15) is 25.0 Å². The van der Waals surface area contributed by atoms with Crippen molar-refractivity contribution in [2.75, 3.05) is 33.3 Å². The van der Waals surface area contributed by atoms with Crippen LogP contribution < -0.4 is 4.74 Å². The summed E-state index contributed by atoms with van der Waals surface area (Å²) in [7, 11) is -2.00. The van der Waals surface area contributed by atoms with Crippen LogP contribution in [-0.4, -0.2) is 57.0 Å². The van der Waals surface area contributed by atoms with Gasteiger partial charge in [-0.15, -0.1) is 0 Å². The van der Waals surface area contributed by atoms with E-state index in [0.717, 1.165) is 24.2 Å². The number of methoxy groups -OCH3 is 1.